The van der Waals surface area contributed by atoms with Crippen LogP contribution in [0.3, 0.4) is 0 Å². The van der Waals surface area contributed by atoms with E-state index in [0.29, 0.717) is 11.2 Å². The lowest BCUT2D eigenvalue weighted by Crippen LogP contribution is -2.40. The summed E-state index contributed by atoms with van der Waals surface area (Å²) in [5.41, 5.74) is 2.86. The third-order valence-corrected chi connectivity index (χ3v) is 3.71. The number of rotatable bonds is 4. The molecule has 2 rings (SSSR count). The molecule has 0 unspecified atom stereocenters. The Kier molecular flexibility index (Phi) is 3.98. The Labute approximate surface area is 108 Å². The summed E-state index contributed by atoms with van der Waals surface area (Å²) in [6.45, 7) is 5.59. The molecule has 6 nitrogen and oxygen atoms in total. The summed E-state index contributed by atoms with van der Waals surface area (Å²) in [4.78, 5) is 10.6. The van der Waals surface area contributed by atoms with E-state index in [9.17, 15) is 0 Å². The molecule has 1 aliphatic rings. The van der Waals surface area contributed by atoms with Crippen LogP contribution < -0.4 is 16.6 Å². The molecule has 2 heterocycles. The van der Waals surface area contributed by atoms with Crippen LogP contribution in [0.15, 0.2) is 12.4 Å². The molecule has 18 heavy (non-hydrogen) atoms. The molecule has 0 bridgehead atoms. The van der Waals surface area contributed by atoms with Crippen molar-refractivity contribution in [2.75, 3.05) is 37.4 Å². The standard InChI is InChI=1S/C12H22N6/c1-12(3-5-18(2)6-4-12)8-14-10-7-11(17-13)16-9-15-10/h7,9H,3-6,8,13H2,1-2H3,(H2,14,15,16,17). The number of likely N-dealkylation sites (tertiary alicyclic amines) is 1. The molecular weight excluding hydrogens is 228 g/mol. The highest BCUT2D eigenvalue weighted by Crippen LogP contribution is 2.30. The second-order valence-electron chi connectivity index (χ2n) is 5.40. The molecule has 1 saturated heterocycles. The molecule has 1 aromatic rings. The van der Waals surface area contributed by atoms with Crippen LogP contribution in [-0.4, -0.2) is 41.5 Å². The number of hydrogen-bond acceptors (Lipinski definition) is 6. The maximum atomic E-state index is 5.33. The molecule has 0 atom stereocenters. The summed E-state index contributed by atoms with van der Waals surface area (Å²) in [5, 5.41) is 3.38. The summed E-state index contributed by atoms with van der Waals surface area (Å²) in [7, 11) is 2.18. The van der Waals surface area contributed by atoms with Gasteiger partial charge in [-0.15, -0.1) is 0 Å². The first-order chi connectivity index (χ1) is 8.61. The van der Waals surface area contributed by atoms with Gasteiger partial charge >= 0.3 is 0 Å². The van der Waals surface area contributed by atoms with Crippen LogP contribution in [0.4, 0.5) is 11.6 Å². The van der Waals surface area contributed by atoms with E-state index in [-0.39, 0.29) is 0 Å². The van der Waals surface area contributed by atoms with Crippen molar-refractivity contribution in [3.05, 3.63) is 12.4 Å². The molecule has 0 spiro atoms. The highest BCUT2D eigenvalue weighted by Gasteiger charge is 2.28. The highest BCUT2D eigenvalue weighted by atomic mass is 15.3. The van der Waals surface area contributed by atoms with Gasteiger partial charge in [0.1, 0.15) is 18.0 Å². The fourth-order valence-corrected chi connectivity index (χ4v) is 2.17. The topological polar surface area (TPSA) is 79.1 Å². The Hall–Kier alpha value is -1.40. The Morgan fingerprint density at radius 1 is 1.33 bits per heavy atom. The summed E-state index contributed by atoms with van der Waals surface area (Å²) >= 11 is 0. The number of aromatic nitrogens is 2. The van der Waals surface area contributed by atoms with E-state index in [1.54, 1.807) is 0 Å². The number of piperidine rings is 1. The van der Waals surface area contributed by atoms with Gasteiger partial charge in [0.05, 0.1) is 0 Å². The summed E-state index contributed by atoms with van der Waals surface area (Å²) in [5.74, 6) is 6.77. The number of nitrogen functional groups attached to an aromatic ring is 1. The largest absolute Gasteiger partial charge is 0.369 e. The lowest BCUT2D eigenvalue weighted by molar-refractivity contribution is 0.150. The van der Waals surface area contributed by atoms with E-state index >= 15 is 0 Å². The Morgan fingerprint density at radius 2 is 2.00 bits per heavy atom. The molecule has 0 aromatic carbocycles. The first-order valence-corrected chi connectivity index (χ1v) is 6.32. The highest BCUT2D eigenvalue weighted by molar-refractivity contribution is 5.45. The van der Waals surface area contributed by atoms with Crippen LogP contribution in [0.2, 0.25) is 0 Å². The summed E-state index contributed by atoms with van der Waals surface area (Å²) in [6, 6.07) is 1.82. The van der Waals surface area contributed by atoms with Gasteiger partial charge in [0.15, 0.2) is 0 Å². The number of nitrogens with one attached hydrogen (secondary N) is 2. The molecule has 0 radical (unpaired) electrons. The van der Waals surface area contributed by atoms with Gasteiger partial charge in [-0.1, -0.05) is 6.92 Å². The molecule has 1 aliphatic heterocycles. The third-order valence-electron chi connectivity index (χ3n) is 3.71. The van der Waals surface area contributed by atoms with E-state index in [1.165, 1.54) is 19.2 Å². The van der Waals surface area contributed by atoms with E-state index in [2.05, 4.69) is 39.6 Å². The zero-order valence-corrected chi connectivity index (χ0v) is 11.1. The monoisotopic (exact) mass is 250 g/mol. The first-order valence-electron chi connectivity index (χ1n) is 6.32. The Balaban J connectivity index is 1.90. The van der Waals surface area contributed by atoms with Gasteiger partial charge < -0.3 is 15.6 Å². The average molecular weight is 250 g/mol. The Bertz CT molecular complexity index is 386. The van der Waals surface area contributed by atoms with Crippen molar-refractivity contribution >= 4 is 11.6 Å². The first kappa shape index (κ1) is 13.0. The molecule has 1 fully saturated rings. The summed E-state index contributed by atoms with van der Waals surface area (Å²) in [6.07, 6.45) is 3.93. The van der Waals surface area contributed by atoms with Crippen molar-refractivity contribution in [3.8, 4) is 0 Å². The van der Waals surface area contributed by atoms with Crippen molar-refractivity contribution in [1.29, 1.82) is 0 Å². The van der Waals surface area contributed by atoms with E-state index in [0.717, 1.165) is 25.5 Å². The number of nitrogens with zero attached hydrogens (tertiary/aromatic N) is 3. The molecule has 4 N–H and O–H groups in total. The lowest BCUT2D eigenvalue weighted by Gasteiger charge is -2.38. The normalized spacial score (nSPS) is 19.5. The second-order valence-corrected chi connectivity index (χ2v) is 5.40. The zero-order chi connectivity index (χ0) is 13.0. The fourth-order valence-electron chi connectivity index (χ4n) is 2.17. The molecular formula is C12H22N6. The maximum Gasteiger partial charge on any atom is 0.145 e. The van der Waals surface area contributed by atoms with Crippen LogP contribution in [0, 0.1) is 5.41 Å². The minimum atomic E-state index is 0.341. The molecule has 0 amide bonds. The SMILES string of the molecule is CN1CCC(C)(CNc2cc(NN)ncn2)CC1. The van der Waals surface area contributed by atoms with Crippen LogP contribution in [-0.2, 0) is 0 Å². The van der Waals surface area contributed by atoms with Crippen LogP contribution in [0.1, 0.15) is 19.8 Å². The zero-order valence-electron chi connectivity index (χ0n) is 11.1. The smallest absolute Gasteiger partial charge is 0.145 e. The van der Waals surface area contributed by atoms with Gasteiger partial charge in [0.25, 0.3) is 0 Å². The molecule has 1 aromatic heterocycles. The van der Waals surface area contributed by atoms with Crippen LogP contribution in [0.5, 0.6) is 0 Å². The van der Waals surface area contributed by atoms with Crippen molar-refractivity contribution in [3.63, 3.8) is 0 Å². The second kappa shape index (κ2) is 5.49. The minimum absolute atomic E-state index is 0.341. The lowest BCUT2D eigenvalue weighted by atomic mass is 9.80. The Morgan fingerprint density at radius 3 is 2.67 bits per heavy atom. The predicted octanol–water partition coefficient (Wildman–Crippen LogP) is 0.906. The molecule has 0 aliphatic carbocycles. The van der Waals surface area contributed by atoms with E-state index in [1.807, 2.05) is 6.07 Å². The number of hydrazine groups is 1. The predicted molar refractivity (Wildman–Crippen MR) is 73.2 cm³/mol. The maximum absolute atomic E-state index is 5.33. The van der Waals surface area contributed by atoms with Gasteiger partial charge in [-0.3, -0.25) is 0 Å². The van der Waals surface area contributed by atoms with Crippen molar-refractivity contribution < 1.29 is 0 Å². The summed E-state index contributed by atoms with van der Waals surface area (Å²) < 4.78 is 0. The van der Waals surface area contributed by atoms with E-state index < -0.39 is 0 Å². The number of anilines is 2. The van der Waals surface area contributed by atoms with Crippen molar-refractivity contribution in [1.82, 2.24) is 14.9 Å². The third kappa shape index (κ3) is 3.30. The minimum Gasteiger partial charge on any atom is -0.369 e. The molecule has 6 heteroatoms. The van der Waals surface area contributed by atoms with E-state index in [4.69, 9.17) is 5.84 Å². The van der Waals surface area contributed by atoms with Gasteiger partial charge in [0, 0.05) is 12.6 Å². The quantitative estimate of drug-likeness (QED) is 0.544. The van der Waals surface area contributed by atoms with Crippen LogP contribution >= 0.6 is 0 Å². The fraction of sp³-hybridized carbons (Fsp3) is 0.667. The number of nitrogens with two attached hydrogens (primary N) is 1. The molecule has 0 saturated carbocycles. The van der Waals surface area contributed by atoms with Gasteiger partial charge in [-0.25, -0.2) is 15.8 Å². The number of hydrogen-bond donors (Lipinski definition) is 3. The average Bonchev–Trinajstić information content (AvgIpc) is 2.41. The van der Waals surface area contributed by atoms with Gasteiger partial charge in [0.2, 0.25) is 0 Å². The van der Waals surface area contributed by atoms with Gasteiger partial charge in [-0.2, -0.15) is 0 Å². The van der Waals surface area contributed by atoms with Crippen molar-refractivity contribution in [2.45, 2.75) is 19.8 Å². The molecule has 100 valence electrons. The van der Waals surface area contributed by atoms with Crippen molar-refractivity contribution in [2.24, 2.45) is 11.3 Å². The van der Waals surface area contributed by atoms with Crippen LogP contribution in [0.25, 0.3) is 0 Å². The van der Waals surface area contributed by atoms with Gasteiger partial charge in [-0.05, 0) is 38.4 Å².